The van der Waals surface area contributed by atoms with Gasteiger partial charge in [-0.05, 0) is 36.2 Å². The Kier molecular flexibility index (Phi) is 5.32. The molecular formula is C17H17NO5. The van der Waals surface area contributed by atoms with E-state index in [1.165, 1.54) is 12.1 Å². The molecule has 0 saturated carbocycles. The Morgan fingerprint density at radius 1 is 1.00 bits per heavy atom. The number of carboxylic acid groups (broad SMARTS) is 1. The van der Waals surface area contributed by atoms with Gasteiger partial charge < -0.3 is 20.6 Å². The number of phenols is 1. The Bertz CT molecular complexity index is 669. The largest absolute Gasteiger partial charge is 0.508 e. The topological polar surface area (TPSA) is 107 Å². The van der Waals surface area contributed by atoms with Crippen LogP contribution in [0.5, 0.6) is 5.75 Å². The SMILES string of the molecule is O=C(NC(Cc1ccc(O)cc1)C(O)C(=O)O)c1ccccc1. The van der Waals surface area contributed by atoms with Gasteiger partial charge >= 0.3 is 5.97 Å². The maximum Gasteiger partial charge on any atom is 0.334 e. The zero-order valence-electron chi connectivity index (χ0n) is 12.2. The first-order valence-electron chi connectivity index (χ1n) is 7.02. The third kappa shape index (κ3) is 4.55. The van der Waals surface area contributed by atoms with Crippen LogP contribution in [0.25, 0.3) is 0 Å². The van der Waals surface area contributed by atoms with Gasteiger partial charge in [-0.1, -0.05) is 30.3 Å². The summed E-state index contributed by atoms with van der Waals surface area (Å²) in [6.07, 6.45) is -1.62. The highest BCUT2D eigenvalue weighted by Crippen LogP contribution is 2.13. The van der Waals surface area contributed by atoms with Gasteiger partial charge in [-0.25, -0.2) is 4.79 Å². The number of aliphatic hydroxyl groups excluding tert-OH is 1. The summed E-state index contributed by atoms with van der Waals surface area (Å²) in [7, 11) is 0. The second kappa shape index (κ2) is 7.42. The summed E-state index contributed by atoms with van der Waals surface area (Å²) < 4.78 is 0. The van der Waals surface area contributed by atoms with Crippen molar-refractivity contribution < 1.29 is 24.9 Å². The summed E-state index contributed by atoms with van der Waals surface area (Å²) in [6.45, 7) is 0. The zero-order valence-corrected chi connectivity index (χ0v) is 12.2. The highest BCUT2D eigenvalue weighted by atomic mass is 16.4. The predicted octanol–water partition coefficient (Wildman–Crippen LogP) is 1.18. The molecule has 0 radical (unpaired) electrons. The first kappa shape index (κ1) is 16.5. The molecular weight excluding hydrogens is 298 g/mol. The number of benzene rings is 2. The Balaban J connectivity index is 2.15. The number of aromatic hydroxyl groups is 1. The second-order valence-corrected chi connectivity index (χ2v) is 5.10. The molecule has 0 aromatic heterocycles. The number of aliphatic hydroxyl groups is 1. The molecule has 120 valence electrons. The van der Waals surface area contributed by atoms with Crippen LogP contribution in [0.3, 0.4) is 0 Å². The summed E-state index contributed by atoms with van der Waals surface area (Å²) in [5.74, 6) is -1.80. The number of carboxylic acids is 1. The molecule has 0 fully saturated rings. The van der Waals surface area contributed by atoms with E-state index in [9.17, 15) is 19.8 Å². The highest BCUT2D eigenvalue weighted by molar-refractivity contribution is 5.94. The van der Waals surface area contributed by atoms with E-state index in [4.69, 9.17) is 5.11 Å². The number of carbonyl (C=O) groups is 2. The van der Waals surface area contributed by atoms with E-state index in [0.717, 1.165) is 0 Å². The Labute approximate surface area is 133 Å². The van der Waals surface area contributed by atoms with Crippen LogP contribution in [-0.2, 0) is 11.2 Å². The van der Waals surface area contributed by atoms with E-state index in [1.807, 2.05) is 0 Å². The van der Waals surface area contributed by atoms with Gasteiger partial charge in [-0.3, -0.25) is 4.79 Å². The lowest BCUT2D eigenvalue weighted by Gasteiger charge is -2.21. The Morgan fingerprint density at radius 3 is 2.17 bits per heavy atom. The van der Waals surface area contributed by atoms with Crippen LogP contribution in [0, 0.1) is 0 Å². The van der Waals surface area contributed by atoms with Gasteiger partial charge in [0.15, 0.2) is 6.10 Å². The van der Waals surface area contributed by atoms with Crippen LogP contribution in [0.1, 0.15) is 15.9 Å². The molecule has 2 aromatic carbocycles. The van der Waals surface area contributed by atoms with E-state index in [2.05, 4.69) is 5.32 Å². The standard InChI is InChI=1S/C17H17NO5/c19-13-8-6-11(7-9-13)10-14(15(20)17(22)23)18-16(21)12-4-2-1-3-5-12/h1-9,14-15,19-20H,10H2,(H,18,21)(H,22,23). The van der Waals surface area contributed by atoms with Gasteiger partial charge in [0.1, 0.15) is 5.75 Å². The van der Waals surface area contributed by atoms with Crippen molar-refractivity contribution in [2.24, 2.45) is 0 Å². The third-order valence-electron chi connectivity index (χ3n) is 3.38. The van der Waals surface area contributed by atoms with Crippen LogP contribution >= 0.6 is 0 Å². The van der Waals surface area contributed by atoms with Gasteiger partial charge in [0, 0.05) is 5.56 Å². The molecule has 0 aliphatic rings. The van der Waals surface area contributed by atoms with Crippen molar-refractivity contribution in [3.05, 3.63) is 65.7 Å². The quantitative estimate of drug-likeness (QED) is 0.640. The van der Waals surface area contributed by atoms with Gasteiger partial charge in [-0.2, -0.15) is 0 Å². The number of aliphatic carboxylic acids is 1. The van der Waals surface area contributed by atoms with Gasteiger partial charge in [-0.15, -0.1) is 0 Å². The summed E-state index contributed by atoms with van der Waals surface area (Å²) in [6, 6.07) is 13.5. The van der Waals surface area contributed by atoms with E-state index in [-0.39, 0.29) is 12.2 Å². The van der Waals surface area contributed by atoms with E-state index >= 15 is 0 Å². The van der Waals surface area contributed by atoms with E-state index in [1.54, 1.807) is 42.5 Å². The minimum atomic E-state index is -1.74. The lowest BCUT2D eigenvalue weighted by atomic mass is 10.0. The smallest absolute Gasteiger partial charge is 0.334 e. The molecule has 0 bridgehead atoms. The molecule has 6 nitrogen and oxygen atoms in total. The molecule has 6 heteroatoms. The van der Waals surface area contributed by atoms with Crippen molar-refractivity contribution >= 4 is 11.9 Å². The maximum atomic E-state index is 12.2. The van der Waals surface area contributed by atoms with Gasteiger partial charge in [0.25, 0.3) is 5.91 Å². The Hall–Kier alpha value is -2.86. The summed E-state index contributed by atoms with van der Waals surface area (Å²) >= 11 is 0. The lowest BCUT2D eigenvalue weighted by molar-refractivity contribution is -0.148. The monoisotopic (exact) mass is 315 g/mol. The van der Waals surface area contributed by atoms with Crippen LogP contribution < -0.4 is 5.32 Å². The zero-order chi connectivity index (χ0) is 16.8. The van der Waals surface area contributed by atoms with Crippen molar-refractivity contribution in [2.45, 2.75) is 18.6 Å². The highest BCUT2D eigenvalue weighted by Gasteiger charge is 2.27. The molecule has 0 spiro atoms. The number of amides is 1. The molecule has 0 aliphatic carbocycles. The molecule has 23 heavy (non-hydrogen) atoms. The minimum absolute atomic E-state index is 0.0809. The first-order valence-corrected chi connectivity index (χ1v) is 7.02. The summed E-state index contributed by atoms with van der Waals surface area (Å²) in [4.78, 5) is 23.2. The van der Waals surface area contributed by atoms with E-state index < -0.39 is 24.0 Å². The number of rotatable bonds is 6. The molecule has 1 amide bonds. The van der Waals surface area contributed by atoms with Crippen molar-refractivity contribution in [2.75, 3.05) is 0 Å². The van der Waals surface area contributed by atoms with Crippen LogP contribution in [0.4, 0.5) is 0 Å². The fourth-order valence-electron chi connectivity index (χ4n) is 2.14. The molecule has 0 heterocycles. The van der Waals surface area contributed by atoms with Crippen molar-refractivity contribution in [1.29, 1.82) is 0 Å². The average molecular weight is 315 g/mol. The van der Waals surface area contributed by atoms with Crippen molar-refractivity contribution in [3.8, 4) is 5.75 Å². The second-order valence-electron chi connectivity index (χ2n) is 5.10. The third-order valence-corrected chi connectivity index (χ3v) is 3.38. The summed E-state index contributed by atoms with van der Waals surface area (Å²) in [5.41, 5.74) is 1.06. The van der Waals surface area contributed by atoms with Crippen LogP contribution in [-0.4, -0.2) is 39.3 Å². The van der Waals surface area contributed by atoms with Crippen LogP contribution in [0.2, 0.25) is 0 Å². The molecule has 2 atom stereocenters. The van der Waals surface area contributed by atoms with Crippen molar-refractivity contribution in [3.63, 3.8) is 0 Å². The maximum absolute atomic E-state index is 12.2. The normalized spacial score (nSPS) is 13.1. The Morgan fingerprint density at radius 2 is 1.61 bits per heavy atom. The molecule has 2 rings (SSSR count). The van der Waals surface area contributed by atoms with E-state index in [0.29, 0.717) is 11.1 Å². The van der Waals surface area contributed by atoms with Gasteiger partial charge in [0.2, 0.25) is 0 Å². The van der Waals surface area contributed by atoms with Crippen LogP contribution in [0.15, 0.2) is 54.6 Å². The minimum Gasteiger partial charge on any atom is -0.508 e. The molecule has 2 aromatic rings. The molecule has 4 N–H and O–H groups in total. The number of phenolic OH excluding ortho intramolecular Hbond substituents is 1. The molecule has 2 unspecified atom stereocenters. The number of hydrogen-bond acceptors (Lipinski definition) is 4. The van der Waals surface area contributed by atoms with Crippen molar-refractivity contribution in [1.82, 2.24) is 5.32 Å². The number of carbonyl (C=O) groups excluding carboxylic acids is 1. The predicted molar refractivity (Wildman–Crippen MR) is 83.1 cm³/mol. The fourth-order valence-corrected chi connectivity index (χ4v) is 2.14. The summed E-state index contributed by atoms with van der Waals surface area (Å²) in [5, 5.41) is 30.7. The average Bonchev–Trinajstić information content (AvgIpc) is 2.56. The fraction of sp³-hybridized carbons (Fsp3) is 0.176. The number of hydrogen-bond donors (Lipinski definition) is 4. The van der Waals surface area contributed by atoms with Gasteiger partial charge in [0.05, 0.1) is 6.04 Å². The molecule has 0 saturated heterocycles. The number of nitrogens with one attached hydrogen (secondary N) is 1. The lowest BCUT2D eigenvalue weighted by Crippen LogP contribution is -2.48. The molecule has 0 aliphatic heterocycles. The first-order chi connectivity index (χ1) is 11.0.